The van der Waals surface area contributed by atoms with Gasteiger partial charge in [-0.2, -0.15) is 0 Å². The van der Waals surface area contributed by atoms with Crippen LogP contribution < -0.4 is 14.8 Å². The quantitative estimate of drug-likeness (QED) is 0.811. The summed E-state index contributed by atoms with van der Waals surface area (Å²) < 4.78 is 15.0. The van der Waals surface area contributed by atoms with E-state index in [9.17, 15) is 9.59 Å². The predicted octanol–water partition coefficient (Wildman–Crippen LogP) is 1.80. The lowest BCUT2D eigenvalue weighted by atomic mass is 10.1. The van der Waals surface area contributed by atoms with Gasteiger partial charge >= 0.3 is 6.09 Å². The standard InChI is InChI=1S/C11H11NO5/c1-2-15-11(14)12-8-3-4-9-10(7(8)5-13)17-6-16-9/h3-5H,2,6H2,1H3,(H,12,14). The van der Waals surface area contributed by atoms with Gasteiger partial charge < -0.3 is 14.2 Å². The highest BCUT2D eigenvalue weighted by Crippen LogP contribution is 2.38. The molecule has 0 fully saturated rings. The molecule has 0 bridgehead atoms. The van der Waals surface area contributed by atoms with Crippen molar-refractivity contribution in [3.8, 4) is 11.5 Å². The summed E-state index contributed by atoms with van der Waals surface area (Å²) in [5.41, 5.74) is 0.579. The van der Waals surface area contributed by atoms with Crippen molar-refractivity contribution in [3.63, 3.8) is 0 Å². The van der Waals surface area contributed by atoms with Crippen LogP contribution in [0.15, 0.2) is 12.1 Å². The van der Waals surface area contributed by atoms with Crippen LogP contribution in [0.25, 0.3) is 0 Å². The van der Waals surface area contributed by atoms with Gasteiger partial charge in [-0.1, -0.05) is 0 Å². The Balaban J connectivity index is 2.28. The Kier molecular flexibility index (Phi) is 3.13. The average molecular weight is 237 g/mol. The average Bonchev–Trinajstić information content (AvgIpc) is 2.77. The van der Waals surface area contributed by atoms with E-state index in [1.807, 2.05) is 0 Å². The fourth-order valence-corrected chi connectivity index (χ4v) is 1.50. The first-order valence-corrected chi connectivity index (χ1v) is 5.07. The first-order valence-electron chi connectivity index (χ1n) is 5.07. The summed E-state index contributed by atoms with van der Waals surface area (Å²) in [5.74, 6) is 0.829. The lowest BCUT2D eigenvalue weighted by Gasteiger charge is -2.09. The van der Waals surface area contributed by atoms with Gasteiger partial charge in [-0.15, -0.1) is 0 Å². The molecular formula is C11H11NO5. The molecule has 2 rings (SSSR count). The molecule has 1 aromatic rings. The monoisotopic (exact) mass is 237 g/mol. The second-order valence-electron chi connectivity index (χ2n) is 3.22. The smallest absolute Gasteiger partial charge is 0.411 e. The normalized spacial score (nSPS) is 12.1. The lowest BCUT2D eigenvalue weighted by Crippen LogP contribution is -2.14. The molecule has 0 spiro atoms. The van der Waals surface area contributed by atoms with Gasteiger partial charge in [0, 0.05) is 0 Å². The number of anilines is 1. The van der Waals surface area contributed by atoms with Crippen LogP contribution in [-0.2, 0) is 4.74 Å². The number of hydrogen-bond donors (Lipinski definition) is 1. The molecule has 1 aromatic carbocycles. The molecule has 17 heavy (non-hydrogen) atoms. The Morgan fingerprint density at radius 2 is 2.35 bits per heavy atom. The summed E-state index contributed by atoms with van der Waals surface area (Å²) >= 11 is 0. The second-order valence-corrected chi connectivity index (χ2v) is 3.22. The van der Waals surface area contributed by atoms with Crippen LogP contribution in [0.5, 0.6) is 11.5 Å². The van der Waals surface area contributed by atoms with Gasteiger partial charge in [0.05, 0.1) is 17.9 Å². The van der Waals surface area contributed by atoms with Crippen LogP contribution in [0.4, 0.5) is 10.5 Å². The third-order valence-corrected chi connectivity index (χ3v) is 2.21. The van der Waals surface area contributed by atoms with E-state index in [0.29, 0.717) is 23.5 Å². The zero-order chi connectivity index (χ0) is 12.3. The Morgan fingerprint density at radius 1 is 1.53 bits per heavy atom. The maximum absolute atomic E-state index is 11.3. The van der Waals surface area contributed by atoms with Crippen LogP contribution >= 0.6 is 0 Å². The number of amides is 1. The number of carbonyl (C=O) groups excluding carboxylic acids is 2. The third kappa shape index (κ3) is 2.15. The minimum absolute atomic E-state index is 0.0685. The van der Waals surface area contributed by atoms with Gasteiger partial charge in [0.2, 0.25) is 6.79 Å². The minimum Gasteiger partial charge on any atom is -0.454 e. The summed E-state index contributed by atoms with van der Waals surface area (Å²) in [6.07, 6.45) is -0.0100. The van der Waals surface area contributed by atoms with Gasteiger partial charge in [-0.05, 0) is 19.1 Å². The zero-order valence-corrected chi connectivity index (χ0v) is 9.19. The van der Waals surface area contributed by atoms with Crippen LogP contribution in [0.2, 0.25) is 0 Å². The van der Waals surface area contributed by atoms with E-state index in [1.165, 1.54) is 0 Å². The van der Waals surface area contributed by atoms with Gasteiger partial charge in [-0.25, -0.2) is 4.79 Å². The van der Waals surface area contributed by atoms with E-state index in [1.54, 1.807) is 19.1 Å². The highest BCUT2D eigenvalue weighted by molar-refractivity contribution is 5.96. The highest BCUT2D eigenvalue weighted by Gasteiger charge is 2.21. The summed E-state index contributed by atoms with van der Waals surface area (Å²) in [6, 6.07) is 3.19. The van der Waals surface area contributed by atoms with Crippen LogP contribution in [0, 0.1) is 0 Å². The topological polar surface area (TPSA) is 73.9 Å². The number of hydrogen-bond acceptors (Lipinski definition) is 5. The van der Waals surface area contributed by atoms with Gasteiger partial charge in [0.25, 0.3) is 0 Å². The van der Waals surface area contributed by atoms with Crippen molar-refractivity contribution in [1.29, 1.82) is 0 Å². The van der Waals surface area contributed by atoms with E-state index in [0.717, 1.165) is 0 Å². The molecule has 0 radical (unpaired) electrons. The maximum atomic E-state index is 11.3. The van der Waals surface area contributed by atoms with Crippen LogP contribution in [0.3, 0.4) is 0 Å². The van der Waals surface area contributed by atoms with Crippen molar-refractivity contribution in [3.05, 3.63) is 17.7 Å². The fraction of sp³-hybridized carbons (Fsp3) is 0.273. The van der Waals surface area contributed by atoms with Gasteiger partial charge in [0.1, 0.15) is 0 Å². The van der Waals surface area contributed by atoms with E-state index in [-0.39, 0.29) is 19.0 Å². The molecule has 6 heteroatoms. The highest BCUT2D eigenvalue weighted by atomic mass is 16.7. The molecule has 90 valence electrons. The number of benzene rings is 1. The van der Waals surface area contributed by atoms with E-state index in [4.69, 9.17) is 14.2 Å². The van der Waals surface area contributed by atoms with E-state index in [2.05, 4.69) is 5.32 Å². The summed E-state index contributed by atoms with van der Waals surface area (Å²) in [6.45, 7) is 2.02. The molecule has 1 aliphatic rings. The second kappa shape index (κ2) is 4.73. The molecule has 0 saturated carbocycles. The summed E-state index contributed by atoms with van der Waals surface area (Å²) in [4.78, 5) is 22.3. The number of rotatable bonds is 3. The number of carbonyl (C=O) groups is 2. The van der Waals surface area contributed by atoms with Crippen LogP contribution in [0.1, 0.15) is 17.3 Å². The van der Waals surface area contributed by atoms with Crippen molar-refractivity contribution in [2.24, 2.45) is 0 Å². The van der Waals surface area contributed by atoms with Crippen molar-refractivity contribution in [2.75, 3.05) is 18.7 Å². The van der Waals surface area contributed by atoms with Gasteiger partial charge in [0.15, 0.2) is 17.8 Å². The van der Waals surface area contributed by atoms with E-state index >= 15 is 0 Å². The molecule has 0 aliphatic carbocycles. The van der Waals surface area contributed by atoms with E-state index < -0.39 is 6.09 Å². The Morgan fingerprint density at radius 3 is 3.06 bits per heavy atom. The minimum atomic E-state index is -0.616. The van der Waals surface area contributed by atoms with Crippen molar-refractivity contribution >= 4 is 18.1 Å². The Hall–Kier alpha value is -2.24. The predicted molar refractivity (Wildman–Crippen MR) is 58.6 cm³/mol. The number of fused-ring (bicyclic) bond motifs is 1. The summed E-state index contributed by atoms with van der Waals surface area (Å²) in [5, 5.41) is 2.46. The molecule has 1 amide bonds. The molecule has 1 N–H and O–H groups in total. The lowest BCUT2D eigenvalue weighted by molar-refractivity contribution is 0.111. The molecular weight excluding hydrogens is 226 g/mol. The van der Waals surface area contributed by atoms with Crippen molar-refractivity contribution < 1.29 is 23.8 Å². The molecule has 1 aliphatic heterocycles. The van der Waals surface area contributed by atoms with Crippen molar-refractivity contribution in [2.45, 2.75) is 6.92 Å². The molecule has 0 aromatic heterocycles. The molecule has 0 saturated heterocycles. The fourth-order valence-electron chi connectivity index (χ4n) is 1.50. The number of aldehydes is 1. The van der Waals surface area contributed by atoms with Crippen LogP contribution in [-0.4, -0.2) is 25.8 Å². The number of nitrogens with one attached hydrogen (secondary N) is 1. The first kappa shape index (κ1) is 11.3. The first-order chi connectivity index (χ1) is 8.26. The zero-order valence-electron chi connectivity index (χ0n) is 9.19. The molecule has 0 unspecified atom stereocenters. The number of ether oxygens (including phenoxy) is 3. The Labute approximate surface area is 97.5 Å². The summed E-state index contributed by atoms with van der Waals surface area (Å²) in [7, 11) is 0. The third-order valence-electron chi connectivity index (χ3n) is 2.21. The van der Waals surface area contributed by atoms with Crippen molar-refractivity contribution in [1.82, 2.24) is 0 Å². The maximum Gasteiger partial charge on any atom is 0.411 e. The molecule has 0 atom stereocenters. The largest absolute Gasteiger partial charge is 0.454 e. The molecule has 1 heterocycles. The SMILES string of the molecule is CCOC(=O)Nc1ccc2c(c1C=O)OCO2. The Bertz CT molecular complexity index is 457. The molecule has 6 nitrogen and oxygen atoms in total. The van der Waals surface area contributed by atoms with Gasteiger partial charge in [-0.3, -0.25) is 10.1 Å².